The van der Waals surface area contributed by atoms with Crippen molar-refractivity contribution in [3.63, 3.8) is 0 Å². The Morgan fingerprint density at radius 1 is 0.625 bits per heavy atom. The van der Waals surface area contributed by atoms with Crippen LogP contribution in [0.2, 0.25) is 0 Å². The summed E-state index contributed by atoms with van der Waals surface area (Å²) in [5.41, 5.74) is 0. The van der Waals surface area contributed by atoms with Crippen LogP contribution in [0.4, 0.5) is 0 Å². The van der Waals surface area contributed by atoms with Gasteiger partial charge in [-0.3, -0.25) is 0 Å². The third-order valence-corrected chi connectivity index (χ3v) is 10.7. The normalized spacial score (nSPS) is 21.4. The first kappa shape index (κ1) is 10.5. The van der Waals surface area contributed by atoms with E-state index in [0.717, 1.165) is 0 Å². The maximum absolute atomic E-state index is 2.38. The van der Waals surface area contributed by atoms with Gasteiger partial charge in [0.1, 0.15) is 0 Å². The predicted molar refractivity (Wildman–Crippen MR) is 65.5 cm³/mol. The Labute approximate surface area is 105 Å². The van der Waals surface area contributed by atoms with Gasteiger partial charge in [-0.2, -0.15) is 0 Å². The summed E-state index contributed by atoms with van der Waals surface area (Å²) >= 11 is -1.64. The first-order chi connectivity index (χ1) is 7.95. The van der Waals surface area contributed by atoms with E-state index >= 15 is 0 Å². The Balaban J connectivity index is 1.89. The molecule has 0 N–H and O–H groups in total. The van der Waals surface area contributed by atoms with Gasteiger partial charge in [0.05, 0.1) is 0 Å². The molecule has 0 aromatic rings. The molecule has 3 aliphatic rings. The van der Waals surface area contributed by atoms with Crippen molar-refractivity contribution in [3.05, 3.63) is 64.5 Å². The second-order valence-electron chi connectivity index (χ2n) is 4.35. The van der Waals surface area contributed by atoms with E-state index in [1.807, 2.05) is 0 Å². The average molecular weight is 287 g/mol. The standard InChI is InChI=1S/3C5H5.Zr/c3*1-2-4-5-3-1;/h3*1-3H,4H2;. The minimum atomic E-state index is -1.64. The van der Waals surface area contributed by atoms with Crippen LogP contribution in [0.3, 0.4) is 0 Å². The van der Waals surface area contributed by atoms with Crippen LogP contribution < -0.4 is 0 Å². The molecule has 0 saturated carbocycles. The zero-order valence-corrected chi connectivity index (χ0v) is 11.8. The molecule has 3 aliphatic carbocycles. The van der Waals surface area contributed by atoms with E-state index in [2.05, 4.69) is 54.7 Å². The van der Waals surface area contributed by atoms with Gasteiger partial charge in [0.2, 0.25) is 0 Å². The van der Waals surface area contributed by atoms with Gasteiger partial charge in [0, 0.05) is 0 Å². The third-order valence-electron chi connectivity index (χ3n) is 3.28. The van der Waals surface area contributed by atoms with Gasteiger partial charge in [-0.05, 0) is 0 Å². The molecule has 0 bridgehead atoms. The molecule has 3 rings (SSSR count). The Kier molecular flexibility index (Phi) is 3.06. The molecule has 0 amide bonds. The molecule has 0 unspecified atom stereocenters. The number of allylic oxidation sites excluding steroid dienone is 12. The first-order valence-corrected chi connectivity index (χ1v) is 9.59. The van der Waals surface area contributed by atoms with E-state index in [9.17, 15) is 0 Å². The molecule has 79 valence electrons. The van der Waals surface area contributed by atoms with Gasteiger partial charge in [0.25, 0.3) is 0 Å². The molecule has 1 heteroatoms. The van der Waals surface area contributed by atoms with E-state index in [4.69, 9.17) is 0 Å². The van der Waals surface area contributed by atoms with Crippen molar-refractivity contribution in [3.8, 4) is 0 Å². The molecule has 0 fully saturated rings. The Bertz CT molecular complexity index is 398. The zero-order valence-electron chi connectivity index (χ0n) is 9.32. The summed E-state index contributed by atoms with van der Waals surface area (Å²) in [6.45, 7) is 0. The fourth-order valence-corrected chi connectivity index (χ4v) is 9.87. The minimum absolute atomic E-state index is 1.21. The van der Waals surface area contributed by atoms with Gasteiger partial charge in [-0.25, -0.2) is 0 Å². The molecule has 0 heterocycles. The second kappa shape index (κ2) is 4.67. The fourth-order valence-electron chi connectivity index (χ4n) is 2.52. The first-order valence-electron chi connectivity index (χ1n) is 5.90. The van der Waals surface area contributed by atoms with Gasteiger partial charge in [0.15, 0.2) is 0 Å². The van der Waals surface area contributed by atoms with Gasteiger partial charge in [-0.15, -0.1) is 0 Å². The summed E-state index contributed by atoms with van der Waals surface area (Å²) in [5.74, 6) is 0. The molecule has 0 aromatic heterocycles. The van der Waals surface area contributed by atoms with Crippen molar-refractivity contribution in [2.24, 2.45) is 0 Å². The topological polar surface area (TPSA) is 0 Å². The van der Waals surface area contributed by atoms with E-state index < -0.39 is 21.8 Å². The number of rotatable bonds is 3. The van der Waals surface area contributed by atoms with Gasteiger partial charge in [-0.1, -0.05) is 0 Å². The molecule has 0 atom stereocenters. The predicted octanol–water partition coefficient (Wildman–Crippen LogP) is 4.14. The third kappa shape index (κ3) is 1.94. The Hall–Kier alpha value is -0.677. The molecule has 0 aliphatic heterocycles. The quantitative estimate of drug-likeness (QED) is 0.731. The molecule has 0 saturated heterocycles. The summed E-state index contributed by atoms with van der Waals surface area (Å²) in [5, 5.41) is 0. The van der Waals surface area contributed by atoms with E-state index in [0.29, 0.717) is 0 Å². The molecule has 0 radical (unpaired) electrons. The summed E-state index contributed by atoms with van der Waals surface area (Å²) in [6, 6.07) is 0. The summed E-state index contributed by atoms with van der Waals surface area (Å²) in [7, 11) is 0. The Morgan fingerprint density at radius 3 is 1.25 bits per heavy atom. The zero-order chi connectivity index (χ0) is 10.8. The van der Waals surface area contributed by atoms with Crippen molar-refractivity contribution in [2.45, 2.75) is 19.3 Å². The van der Waals surface area contributed by atoms with Crippen LogP contribution in [-0.4, -0.2) is 0 Å². The maximum atomic E-state index is 2.38. The van der Waals surface area contributed by atoms with E-state index in [1.54, 1.807) is 9.84 Å². The Morgan fingerprint density at radius 2 is 1.00 bits per heavy atom. The fraction of sp³-hybridized carbons (Fsp3) is 0.200. The van der Waals surface area contributed by atoms with Crippen molar-refractivity contribution in [2.75, 3.05) is 0 Å². The summed E-state index contributed by atoms with van der Waals surface area (Å²) in [4.78, 5) is 0. The van der Waals surface area contributed by atoms with E-state index in [-0.39, 0.29) is 0 Å². The van der Waals surface area contributed by atoms with Crippen molar-refractivity contribution in [1.29, 1.82) is 0 Å². The van der Waals surface area contributed by atoms with Crippen molar-refractivity contribution < 1.29 is 21.8 Å². The van der Waals surface area contributed by atoms with Crippen LogP contribution in [0.5, 0.6) is 0 Å². The summed E-state index contributed by atoms with van der Waals surface area (Å²) < 4.78 is 5.27. The van der Waals surface area contributed by atoms with Gasteiger partial charge < -0.3 is 0 Å². The second-order valence-corrected chi connectivity index (χ2v) is 10.9. The SMILES string of the molecule is C1=CC[C]([Zr]([C]2=CC=CC2)[C]2=CC=CC2)=C1. The molecule has 0 aromatic carbocycles. The molecular formula is C15H15Zr. The van der Waals surface area contributed by atoms with Gasteiger partial charge >= 0.3 is 106 Å². The van der Waals surface area contributed by atoms with E-state index in [1.165, 1.54) is 19.3 Å². The molecule has 16 heavy (non-hydrogen) atoms. The monoisotopic (exact) mass is 285 g/mol. The average Bonchev–Trinajstić information content (AvgIpc) is 3.02. The van der Waals surface area contributed by atoms with Crippen molar-refractivity contribution in [1.82, 2.24) is 0 Å². The number of hydrogen-bond donors (Lipinski definition) is 0. The van der Waals surface area contributed by atoms with Crippen molar-refractivity contribution >= 4 is 0 Å². The van der Waals surface area contributed by atoms with Crippen LogP contribution in [0.1, 0.15) is 19.3 Å². The van der Waals surface area contributed by atoms with Crippen LogP contribution >= 0.6 is 0 Å². The van der Waals surface area contributed by atoms with Crippen LogP contribution in [0.25, 0.3) is 0 Å². The number of hydrogen-bond acceptors (Lipinski definition) is 0. The molecule has 0 spiro atoms. The molecule has 0 nitrogen and oxygen atoms in total. The molecular weight excluding hydrogens is 271 g/mol. The van der Waals surface area contributed by atoms with Crippen LogP contribution in [0, 0.1) is 0 Å². The summed E-state index contributed by atoms with van der Waals surface area (Å²) in [6.07, 6.45) is 24.4. The van der Waals surface area contributed by atoms with Crippen LogP contribution in [-0.2, 0) is 21.8 Å². The van der Waals surface area contributed by atoms with Crippen LogP contribution in [0.15, 0.2) is 64.5 Å².